The maximum absolute atomic E-state index is 11.6. The summed E-state index contributed by atoms with van der Waals surface area (Å²) in [6.07, 6.45) is 2.45. The van der Waals surface area contributed by atoms with Gasteiger partial charge in [-0.2, -0.15) is 0 Å². The molecule has 1 saturated heterocycles. The highest BCUT2D eigenvalue weighted by Gasteiger charge is 2.51. The van der Waals surface area contributed by atoms with Crippen LogP contribution in [0.1, 0.15) is 53.4 Å². The molecule has 1 rings (SSSR count). The van der Waals surface area contributed by atoms with Gasteiger partial charge in [0.15, 0.2) is 18.3 Å². The lowest BCUT2D eigenvalue weighted by molar-refractivity contribution is -0.232. The normalized spacial score (nSPS) is 28.9. The molecule has 0 unspecified atom stereocenters. The minimum absolute atomic E-state index is 0.427. The summed E-state index contributed by atoms with van der Waals surface area (Å²) in [6, 6.07) is 0. The van der Waals surface area contributed by atoms with Crippen molar-refractivity contribution in [3.63, 3.8) is 0 Å². The van der Waals surface area contributed by atoms with E-state index in [2.05, 4.69) is 6.92 Å². The molecule has 0 aliphatic carbocycles. The van der Waals surface area contributed by atoms with Gasteiger partial charge >= 0.3 is 17.9 Å². The number of carbonyl (C=O) groups excluding carboxylic acids is 3. The fraction of sp³-hybridized carbons (Fsp3) is 0.824. The third-order valence-electron chi connectivity index (χ3n) is 3.82. The fourth-order valence-electron chi connectivity index (χ4n) is 2.87. The smallest absolute Gasteiger partial charge is 0.303 e. The molecule has 0 aromatic heterocycles. The van der Waals surface area contributed by atoms with Crippen LogP contribution >= 0.6 is 11.8 Å². The number of hydrogen-bond acceptors (Lipinski definition) is 8. The molecule has 1 fully saturated rings. The Hall–Kier alpha value is -1.28. The number of unbranched alkanes of at least 4 members (excludes halogenated alkanes) is 2. The highest BCUT2D eigenvalue weighted by molar-refractivity contribution is 7.99. The van der Waals surface area contributed by atoms with Crippen molar-refractivity contribution in [2.24, 2.45) is 0 Å². The van der Waals surface area contributed by atoms with Crippen LogP contribution in [0.4, 0.5) is 0 Å². The zero-order valence-corrected chi connectivity index (χ0v) is 16.3. The van der Waals surface area contributed by atoms with E-state index in [9.17, 15) is 14.4 Å². The number of hydrogen-bond donors (Lipinski definition) is 0. The first-order chi connectivity index (χ1) is 11.8. The molecule has 0 saturated carbocycles. The Morgan fingerprint density at radius 2 is 1.40 bits per heavy atom. The van der Waals surface area contributed by atoms with E-state index in [1.54, 1.807) is 0 Å². The SMILES string of the molecule is CCCCC[C@@H]1O[C@H](SC)[C@@H](OC(C)=O)[C@H](OC(C)=O)[C@@H]1OC(C)=O. The Morgan fingerprint density at radius 1 is 0.880 bits per heavy atom. The van der Waals surface area contributed by atoms with Crippen LogP contribution in [0.5, 0.6) is 0 Å². The summed E-state index contributed by atoms with van der Waals surface area (Å²) in [4.78, 5) is 34.6. The average Bonchev–Trinajstić information content (AvgIpc) is 2.51. The minimum Gasteiger partial charge on any atom is -0.456 e. The Labute approximate surface area is 153 Å². The van der Waals surface area contributed by atoms with Gasteiger partial charge in [-0.1, -0.05) is 26.2 Å². The summed E-state index contributed by atoms with van der Waals surface area (Å²) >= 11 is 1.36. The fourth-order valence-corrected chi connectivity index (χ4v) is 3.61. The Kier molecular flexibility index (Phi) is 9.27. The first-order valence-corrected chi connectivity index (χ1v) is 9.78. The van der Waals surface area contributed by atoms with Gasteiger partial charge < -0.3 is 18.9 Å². The van der Waals surface area contributed by atoms with Crippen LogP contribution in [0.15, 0.2) is 0 Å². The first-order valence-electron chi connectivity index (χ1n) is 8.50. The molecule has 7 nitrogen and oxygen atoms in total. The van der Waals surface area contributed by atoms with Crippen molar-refractivity contribution < 1.29 is 33.3 Å². The van der Waals surface area contributed by atoms with Crippen LogP contribution in [0.2, 0.25) is 0 Å². The molecule has 0 spiro atoms. The second-order valence-electron chi connectivity index (χ2n) is 6.00. The highest BCUT2D eigenvalue weighted by Crippen LogP contribution is 2.34. The molecule has 5 atom stereocenters. The quantitative estimate of drug-likeness (QED) is 0.363. The van der Waals surface area contributed by atoms with Gasteiger partial charge in [-0.15, -0.1) is 11.8 Å². The molecule has 144 valence electrons. The molecule has 1 heterocycles. The Balaban J connectivity index is 3.12. The molecular weight excluding hydrogens is 348 g/mol. The third-order valence-corrected chi connectivity index (χ3v) is 4.67. The predicted octanol–water partition coefficient (Wildman–Crippen LogP) is 2.45. The Bertz CT molecular complexity index is 468. The molecule has 0 bridgehead atoms. The number of rotatable bonds is 8. The molecule has 0 amide bonds. The van der Waals surface area contributed by atoms with Crippen molar-refractivity contribution in [2.75, 3.05) is 6.26 Å². The van der Waals surface area contributed by atoms with Gasteiger partial charge in [0.05, 0.1) is 0 Å². The van der Waals surface area contributed by atoms with Crippen LogP contribution in [-0.2, 0) is 33.3 Å². The van der Waals surface area contributed by atoms with E-state index in [4.69, 9.17) is 18.9 Å². The van der Waals surface area contributed by atoms with E-state index in [-0.39, 0.29) is 0 Å². The summed E-state index contributed by atoms with van der Waals surface area (Å²) in [5.74, 6) is -1.56. The average molecular weight is 376 g/mol. The molecule has 0 aromatic carbocycles. The topological polar surface area (TPSA) is 88.1 Å². The molecule has 0 radical (unpaired) electrons. The molecule has 0 aromatic rings. The highest BCUT2D eigenvalue weighted by atomic mass is 32.2. The van der Waals surface area contributed by atoms with Crippen molar-refractivity contribution in [2.45, 2.75) is 83.2 Å². The predicted molar refractivity (Wildman–Crippen MR) is 93.0 cm³/mol. The first kappa shape index (κ1) is 21.8. The summed E-state index contributed by atoms with van der Waals surface area (Å²) in [6.45, 7) is 5.92. The van der Waals surface area contributed by atoms with Crippen LogP contribution in [-0.4, -0.2) is 54.0 Å². The number of esters is 3. The molecular formula is C17H28O7S. The Morgan fingerprint density at radius 3 is 1.88 bits per heavy atom. The number of ether oxygens (including phenoxy) is 4. The van der Waals surface area contributed by atoms with Gasteiger partial charge in [0.2, 0.25) is 0 Å². The summed E-state index contributed by atoms with van der Waals surface area (Å²) < 4.78 is 22.2. The van der Waals surface area contributed by atoms with E-state index in [1.807, 2.05) is 6.26 Å². The molecule has 1 aliphatic heterocycles. The van der Waals surface area contributed by atoms with Crippen molar-refractivity contribution >= 4 is 29.7 Å². The molecule has 25 heavy (non-hydrogen) atoms. The van der Waals surface area contributed by atoms with E-state index >= 15 is 0 Å². The van der Waals surface area contributed by atoms with Gasteiger partial charge in [0, 0.05) is 20.8 Å². The summed E-state index contributed by atoms with van der Waals surface area (Å²) in [5, 5.41) is 0. The van der Waals surface area contributed by atoms with Gasteiger partial charge in [0.25, 0.3) is 0 Å². The number of thioether (sulfide) groups is 1. The van der Waals surface area contributed by atoms with Gasteiger partial charge in [-0.05, 0) is 12.7 Å². The molecule has 0 N–H and O–H groups in total. The van der Waals surface area contributed by atoms with Gasteiger partial charge in [0.1, 0.15) is 11.5 Å². The van der Waals surface area contributed by atoms with E-state index in [1.165, 1.54) is 32.5 Å². The summed E-state index contributed by atoms with van der Waals surface area (Å²) in [5.41, 5.74) is -0.508. The van der Waals surface area contributed by atoms with Crippen LogP contribution in [0.25, 0.3) is 0 Å². The van der Waals surface area contributed by atoms with Crippen LogP contribution in [0.3, 0.4) is 0 Å². The van der Waals surface area contributed by atoms with E-state index in [0.29, 0.717) is 6.42 Å². The lowest BCUT2D eigenvalue weighted by Gasteiger charge is -2.44. The van der Waals surface area contributed by atoms with E-state index in [0.717, 1.165) is 19.3 Å². The van der Waals surface area contributed by atoms with Crippen molar-refractivity contribution in [1.29, 1.82) is 0 Å². The largest absolute Gasteiger partial charge is 0.456 e. The van der Waals surface area contributed by atoms with Gasteiger partial charge in [-0.3, -0.25) is 14.4 Å². The molecule has 8 heteroatoms. The second kappa shape index (κ2) is 10.7. The minimum atomic E-state index is -0.900. The standard InChI is InChI=1S/C17H28O7S/c1-6-7-8-9-13-14(21-10(2)18)15(22-11(3)19)16(23-12(4)20)17(24-13)25-5/h13-17H,6-9H2,1-5H3/t13-,14+,15+,16-,17+/m0/s1. The van der Waals surface area contributed by atoms with Crippen LogP contribution < -0.4 is 0 Å². The lowest BCUT2D eigenvalue weighted by Crippen LogP contribution is -2.60. The number of carbonyl (C=O) groups is 3. The van der Waals surface area contributed by atoms with E-state index < -0.39 is 47.8 Å². The maximum Gasteiger partial charge on any atom is 0.303 e. The van der Waals surface area contributed by atoms with Gasteiger partial charge in [-0.25, -0.2) is 0 Å². The van der Waals surface area contributed by atoms with Crippen LogP contribution in [0, 0.1) is 0 Å². The molecule has 1 aliphatic rings. The summed E-state index contributed by atoms with van der Waals surface area (Å²) in [7, 11) is 0. The zero-order valence-electron chi connectivity index (χ0n) is 15.5. The maximum atomic E-state index is 11.6. The monoisotopic (exact) mass is 376 g/mol. The second-order valence-corrected chi connectivity index (χ2v) is 6.93. The van der Waals surface area contributed by atoms with Crippen molar-refractivity contribution in [3.8, 4) is 0 Å². The van der Waals surface area contributed by atoms with Crippen molar-refractivity contribution in [3.05, 3.63) is 0 Å². The lowest BCUT2D eigenvalue weighted by atomic mass is 9.95. The third kappa shape index (κ3) is 6.86. The zero-order chi connectivity index (χ0) is 19.0. The van der Waals surface area contributed by atoms with Crippen molar-refractivity contribution in [1.82, 2.24) is 0 Å².